The van der Waals surface area contributed by atoms with E-state index in [0.717, 1.165) is 5.56 Å². The summed E-state index contributed by atoms with van der Waals surface area (Å²) in [6.45, 7) is 0. The Labute approximate surface area is 66.5 Å². The SMILES string of the molecule is CONC=Cc1ccccc1. The van der Waals surface area contributed by atoms with Crippen molar-refractivity contribution in [3.8, 4) is 0 Å². The van der Waals surface area contributed by atoms with Gasteiger partial charge in [-0.05, 0) is 11.6 Å². The first-order chi connectivity index (χ1) is 5.43. The number of nitrogens with one attached hydrogen (secondary N) is 1. The van der Waals surface area contributed by atoms with Gasteiger partial charge < -0.3 is 0 Å². The van der Waals surface area contributed by atoms with Crippen molar-refractivity contribution >= 4 is 6.08 Å². The summed E-state index contributed by atoms with van der Waals surface area (Å²) < 4.78 is 0. The van der Waals surface area contributed by atoms with E-state index >= 15 is 0 Å². The summed E-state index contributed by atoms with van der Waals surface area (Å²) >= 11 is 0. The molecule has 0 spiro atoms. The van der Waals surface area contributed by atoms with Gasteiger partial charge in [0.2, 0.25) is 0 Å². The summed E-state index contributed by atoms with van der Waals surface area (Å²) in [6.07, 6.45) is 3.68. The van der Waals surface area contributed by atoms with Crippen LogP contribution < -0.4 is 5.48 Å². The molecule has 0 radical (unpaired) electrons. The second kappa shape index (κ2) is 4.52. The summed E-state index contributed by atoms with van der Waals surface area (Å²) in [7, 11) is 1.58. The van der Waals surface area contributed by atoms with Crippen molar-refractivity contribution in [3.63, 3.8) is 0 Å². The molecule has 1 aromatic rings. The van der Waals surface area contributed by atoms with Crippen LogP contribution in [0.15, 0.2) is 36.5 Å². The van der Waals surface area contributed by atoms with Crippen molar-refractivity contribution in [1.29, 1.82) is 0 Å². The van der Waals surface area contributed by atoms with E-state index in [0.29, 0.717) is 0 Å². The third-order valence-electron chi connectivity index (χ3n) is 1.26. The normalized spacial score (nSPS) is 10.3. The van der Waals surface area contributed by atoms with Gasteiger partial charge in [-0.1, -0.05) is 30.3 Å². The van der Waals surface area contributed by atoms with E-state index in [9.17, 15) is 0 Å². The molecule has 1 N–H and O–H groups in total. The van der Waals surface area contributed by atoms with E-state index < -0.39 is 0 Å². The second-order valence-electron chi connectivity index (χ2n) is 2.07. The van der Waals surface area contributed by atoms with Crippen LogP contribution in [0.25, 0.3) is 6.08 Å². The van der Waals surface area contributed by atoms with Gasteiger partial charge in [0.1, 0.15) is 0 Å². The molecule has 2 heteroatoms. The Hall–Kier alpha value is -1.28. The Bertz CT molecular complexity index is 218. The minimum Gasteiger partial charge on any atom is -0.280 e. The van der Waals surface area contributed by atoms with Gasteiger partial charge in [0.05, 0.1) is 7.11 Å². The molecule has 0 fully saturated rings. The van der Waals surface area contributed by atoms with Crippen molar-refractivity contribution in [2.24, 2.45) is 0 Å². The van der Waals surface area contributed by atoms with Crippen LogP contribution in [0.4, 0.5) is 0 Å². The molecule has 58 valence electrons. The van der Waals surface area contributed by atoms with Gasteiger partial charge in [0.25, 0.3) is 0 Å². The number of hydrogen-bond donors (Lipinski definition) is 1. The van der Waals surface area contributed by atoms with Crippen LogP contribution >= 0.6 is 0 Å². The zero-order valence-corrected chi connectivity index (χ0v) is 6.45. The van der Waals surface area contributed by atoms with Crippen molar-refractivity contribution < 1.29 is 4.84 Å². The molecule has 11 heavy (non-hydrogen) atoms. The molecule has 0 heterocycles. The molecule has 0 aromatic heterocycles. The third-order valence-corrected chi connectivity index (χ3v) is 1.26. The predicted molar refractivity (Wildman–Crippen MR) is 45.6 cm³/mol. The van der Waals surface area contributed by atoms with Gasteiger partial charge in [-0.3, -0.25) is 10.3 Å². The molecule has 0 aliphatic carbocycles. The monoisotopic (exact) mass is 149 g/mol. The number of hydrogen-bond acceptors (Lipinski definition) is 2. The van der Waals surface area contributed by atoms with Crippen molar-refractivity contribution in [1.82, 2.24) is 5.48 Å². The van der Waals surface area contributed by atoms with E-state index in [1.54, 1.807) is 13.3 Å². The Morgan fingerprint density at radius 3 is 2.64 bits per heavy atom. The first-order valence-corrected chi connectivity index (χ1v) is 3.43. The van der Waals surface area contributed by atoms with Crippen molar-refractivity contribution in [2.45, 2.75) is 0 Å². The number of benzene rings is 1. The van der Waals surface area contributed by atoms with E-state index in [1.165, 1.54) is 0 Å². The molecule has 0 aliphatic rings. The van der Waals surface area contributed by atoms with Gasteiger partial charge in [0.15, 0.2) is 0 Å². The van der Waals surface area contributed by atoms with Gasteiger partial charge in [-0.25, -0.2) is 0 Å². The topological polar surface area (TPSA) is 21.3 Å². The highest BCUT2D eigenvalue weighted by Crippen LogP contribution is 1.99. The molecule has 1 rings (SSSR count). The van der Waals surface area contributed by atoms with Crippen LogP contribution in [-0.4, -0.2) is 7.11 Å². The molecule has 0 unspecified atom stereocenters. The molecule has 0 saturated carbocycles. The third kappa shape index (κ3) is 2.87. The summed E-state index contributed by atoms with van der Waals surface area (Å²) in [5.74, 6) is 0. The maximum Gasteiger partial charge on any atom is 0.0636 e. The number of hydroxylamine groups is 1. The standard InChI is InChI=1S/C9H11NO/c1-11-10-8-7-9-5-3-2-4-6-9/h2-8,10H,1H3. The Kier molecular flexibility index (Phi) is 3.22. The highest BCUT2D eigenvalue weighted by molar-refractivity contribution is 5.47. The molecular formula is C9H11NO. The molecule has 2 nitrogen and oxygen atoms in total. The molecule has 0 atom stereocenters. The highest BCUT2D eigenvalue weighted by Gasteiger charge is 1.79. The van der Waals surface area contributed by atoms with Gasteiger partial charge in [-0.2, -0.15) is 0 Å². The maximum absolute atomic E-state index is 4.63. The first-order valence-electron chi connectivity index (χ1n) is 3.43. The lowest BCUT2D eigenvalue weighted by Crippen LogP contribution is -1.99. The van der Waals surface area contributed by atoms with E-state index in [2.05, 4.69) is 10.3 Å². The second-order valence-corrected chi connectivity index (χ2v) is 2.07. The fourth-order valence-corrected chi connectivity index (χ4v) is 0.762. The Morgan fingerprint density at radius 1 is 1.27 bits per heavy atom. The van der Waals surface area contributed by atoms with Crippen LogP contribution in [0.2, 0.25) is 0 Å². The first kappa shape index (κ1) is 7.82. The van der Waals surface area contributed by atoms with Crippen molar-refractivity contribution in [2.75, 3.05) is 7.11 Å². The zero-order valence-electron chi connectivity index (χ0n) is 6.45. The predicted octanol–water partition coefficient (Wildman–Crippen LogP) is 1.81. The summed E-state index contributed by atoms with van der Waals surface area (Å²) in [6, 6.07) is 10.0. The average molecular weight is 149 g/mol. The maximum atomic E-state index is 4.63. The minimum absolute atomic E-state index is 1.15. The molecule has 0 bridgehead atoms. The van der Waals surface area contributed by atoms with Crippen LogP contribution in [0, 0.1) is 0 Å². The summed E-state index contributed by atoms with van der Waals surface area (Å²) in [5, 5.41) is 0. The van der Waals surface area contributed by atoms with Crippen LogP contribution in [0.3, 0.4) is 0 Å². The summed E-state index contributed by atoms with van der Waals surface area (Å²) in [5.41, 5.74) is 3.77. The number of rotatable bonds is 3. The molecular weight excluding hydrogens is 138 g/mol. The van der Waals surface area contributed by atoms with E-state index in [4.69, 9.17) is 0 Å². The minimum atomic E-state index is 1.15. The largest absolute Gasteiger partial charge is 0.280 e. The fourth-order valence-electron chi connectivity index (χ4n) is 0.762. The quantitative estimate of drug-likeness (QED) is 0.662. The van der Waals surface area contributed by atoms with Crippen LogP contribution in [-0.2, 0) is 4.84 Å². The molecule has 0 amide bonds. The Balaban J connectivity index is 2.50. The van der Waals surface area contributed by atoms with Crippen LogP contribution in [0.1, 0.15) is 5.56 Å². The lowest BCUT2D eigenvalue weighted by atomic mass is 10.2. The fraction of sp³-hybridized carbons (Fsp3) is 0.111. The van der Waals surface area contributed by atoms with Gasteiger partial charge >= 0.3 is 0 Å². The zero-order chi connectivity index (χ0) is 7.94. The summed E-state index contributed by atoms with van der Waals surface area (Å²) in [4.78, 5) is 4.63. The smallest absolute Gasteiger partial charge is 0.0636 e. The van der Waals surface area contributed by atoms with E-state index in [1.807, 2.05) is 36.4 Å². The van der Waals surface area contributed by atoms with Crippen molar-refractivity contribution in [3.05, 3.63) is 42.1 Å². The van der Waals surface area contributed by atoms with Gasteiger partial charge in [0, 0.05) is 6.20 Å². The van der Waals surface area contributed by atoms with Gasteiger partial charge in [-0.15, -0.1) is 0 Å². The molecule has 1 aromatic carbocycles. The molecule has 0 saturated heterocycles. The molecule has 0 aliphatic heterocycles. The van der Waals surface area contributed by atoms with E-state index in [-0.39, 0.29) is 0 Å². The van der Waals surface area contributed by atoms with Crippen LogP contribution in [0.5, 0.6) is 0 Å². The lowest BCUT2D eigenvalue weighted by Gasteiger charge is -1.93. The Morgan fingerprint density at radius 2 is 2.00 bits per heavy atom. The lowest BCUT2D eigenvalue weighted by molar-refractivity contribution is 0.129. The average Bonchev–Trinajstić information content (AvgIpc) is 2.07. The highest BCUT2D eigenvalue weighted by atomic mass is 16.6.